The van der Waals surface area contributed by atoms with Gasteiger partial charge in [0.15, 0.2) is 0 Å². The lowest BCUT2D eigenvalue weighted by Gasteiger charge is -2.11. The largest absolute Gasteiger partial charge is 0.383 e. The molecule has 96 valence electrons. The number of imidazole rings is 1. The van der Waals surface area contributed by atoms with E-state index in [4.69, 9.17) is 5.73 Å². The highest BCUT2D eigenvalue weighted by Crippen LogP contribution is 2.32. The molecule has 2 N–H and O–H groups in total. The van der Waals surface area contributed by atoms with Crippen molar-refractivity contribution in [2.24, 2.45) is 0 Å². The molecule has 1 aromatic heterocycles. The van der Waals surface area contributed by atoms with Crippen molar-refractivity contribution in [3.63, 3.8) is 0 Å². The van der Waals surface area contributed by atoms with Crippen molar-refractivity contribution in [2.45, 2.75) is 26.8 Å². The van der Waals surface area contributed by atoms with Crippen LogP contribution in [0.1, 0.15) is 25.7 Å². The van der Waals surface area contributed by atoms with Crippen LogP contribution in [0.5, 0.6) is 0 Å². The average molecular weight is 312 g/mol. The predicted molar refractivity (Wildman–Crippen MR) is 74.9 cm³/mol. The topological polar surface area (TPSA) is 43.8 Å². The van der Waals surface area contributed by atoms with Gasteiger partial charge in [-0.3, -0.25) is 0 Å². The lowest BCUT2D eigenvalue weighted by atomic mass is 10.1. The van der Waals surface area contributed by atoms with E-state index in [9.17, 15) is 4.39 Å². The Morgan fingerprint density at radius 1 is 1.39 bits per heavy atom. The van der Waals surface area contributed by atoms with E-state index in [1.54, 1.807) is 12.1 Å². The summed E-state index contributed by atoms with van der Waals surface area (Å²) in [4.78, 5) is 4.38. The average Bonchev–Trinajstić information content (AvgIpc) is 2.57. The highest BCUT2D eigenvalue weighted by Gasteiger charge is 2.18. The quantitative estimate of drug-likeness (QED) is 0.913. The number of benzene rings is 1. The highest BCUT2D eigenvalue weighted by molar-refractivity contribution is 9.10. The lowest BCUT2D eigenvalue weighted by Crippen LogP contribution is -2.07. The second kappa shape index (κ2) is 4.72. The SMILES string of the molecule is Cc1nc(-c2cc(Br)ccc2F)c(N)n1C(C)C. The normalized spacial score (nSPS) is 11.2. The van der Waals surface area contributed by atoms with Gasteiger partial charge >= 0.3 is 0 Å². The van der Waals surface area contributed by atoms with Gasteiger partial charge in [-0.1, -0.05) is 15.9 Å². The van der Waals surface area contributed by atoms with Crippen LogP contribution in [-0.4, -0.2) is 9.55 Å². The Kier molecular flexibility index (Phi) is 3.43. The Morgan fingerprint density at radius 3 is 2.61 bits per heavy atom. The first kappa shape index (κ1) is 13.1. The number of nitrogens with zero attached hydrogens (tertiary/aromatic N) is 2. The second-order valence-corrected chi connectivity index (χ2v) is 5.40. The van der Waals surface area contributed by atoms with E-state index in [0.717, 1.165) is 10.3 Å². The minimum Gasteiger partial charge on any atom is -0.383 e. The number of hydrogen-bond donors (Lipinski definition) is 1. The summed E-state index contributed by atoms with van der Waals surface area (Å²) in [6, 6.07) is 4.95. The van der Waals surface area contributed by atoms with Gasteiger partial charge in [-0.25, -0.2) is 9.37 Å². The molecule has 0 unspecified atom stereocenters. The second-order valence-electron chi connectivity index (χ2n) is 4.48. The van der Waals surface area contributed by atoms with E-state index in [2.05, 4.69) is 20.9 Å². The molecule has 0 fully saturated rings. The fraction of sp³-hybridized carbons (Fsp3) is 0.308. The molecule has 0 bridgehead atoms. The standard InChI is InChI=1S/C13H15BrFN3/c1-7(2)18-8(3)17-12(13(18)16)10-6-9(14)4-5-11(10)15/h4-7H,16H2,1-3H3. The Morgan fingerprint density at radius 2 is 2.06 bits per heavy atom. The predicted octanol–water partition coefficient (Wildman–Crippen LogP) is 3.92. The van der Waals surface area contributed by atoms with E-state index in [1.807, 2.05) is 25.3 Å². The summed E-state index contributed by atoms with van der Waals surface area (Å²) in [5.41, 5.74) is 7.00. The third-order valence-corrected chi connectivity index (χ3v) is 3.32. The van der Waals surface area contributed by atoms with Crippen molar-refractivity contribution in [1.29, 1.82) is 0 Å². The molecular formula is C13H15BrFN3. The monoisotopic (exact) mass is 311 g/mol. The van der Waals surface area contributed by atoms with E-state index in [0.29, 0.717) is 17.1 Å². The third-order valence-electron chi connectivity index (χ3n) is 2.82. The number of anilines is 1. The number of aromatic nitrogens is 2. The number of halogens is 2. The number of aryl methyl sites for hydroxylation is 1. The minimum absolute atomic E-state index is 0.196. The van der Waals surface area contributed by atoms with Crippen molar-refractivity contribution >= 4 is 21.7 Å². The maximum atomic E-state index is 13.9. The van der Waals surface area contributed by atoms with Crippen LogP contribution >= 0.6 is 15.9 Å². The summed E-state index contributed by atoms with van der Waals surface area (Å²) in [6.07, 6.45) is 0. The van der Waals surface area contributed by atoms with Crippen molar-refractivity contribution in [3.8, 4) is 11.3 Å². The molecule has 18 heavy (non-hydrogen) atoms. The summed E-state index contributed by atoms with van der Waals surface area (Å²) < 4.78 is 16.6. The molecule has 0 atom stereocenters. The molecule has 5 heteroatoms. The van der Waals surface area contributed by atoms with Gasteiger partial charge < -0.3 is 10.3 Å². The smallest absolute Gasteiger partial charge is 0.132 e. The maximum Gasteiger partial charge on any atom is 0.132 e. The van der Waals surface area contributed by atoms with E-state index in [1.165, 1.54) is 6.07 Å². The summed E-state index contributed by atoms with van der Waals surface area (Å²) in [5.74, 6) is 0.967. The zero-order valence-electron chi connectivity index (χ0n) is 10.5. The maximum absolute atomic E-state index is 13.9. The van der Waals surface area contributed by atoms with Crippen LogP contribution in [0.2, 0.25) is 0 Å². The highest BCUT2D eigenvalue weighted by atomic mass is 79.9. The summed E-state index contributed by atoms with van der Waals surface area (Å²) in [5, 5.41) is 0. The van der Waals surface area contributed by atoms with Crippen LogP contribution in [0.15, 0.2) is 22.7 Å². The van der Waals surface area contributed by atoms with Crippen molar-refractivity contribution in [1.82, 2.24) is 9.55 Å². The molecule has 0 aliphatic carbocycles. The van der Waals surface area contributed by atoms with E-state index < -0.39 is 0 Å². The van der Waals surface area contributed by atoms with Crippen LogP contribution in [0.4, 0.5) is 10.2 Å². The molecule has 0 aliphatic rings. The molecule has 0 aliphatic heterocycles. The zero-order valence-corrected chi connectivity index (χ0v) is 12.1. The van der Waals surface area contributed by atoms with Gasteiger partial charge in [0.05, 0.1) is 0 Å². The molecule has 0 saturated heterocycles. The number of nitrogen functional groups attached to an aromatic ring is 1. The molecule has 0 amide bonds. The third kappa shape index (κ3) is 2.14. The Labute approximate surface area is 114 Å². The first-order chi connectivity index (χ1) is 8.41. The fourth-order valence-electron chi connectivity index (χ4n) is 2.09. The molecular weight excluding hydrogens is 297 g/mol. The number of rotatable bonds is 2. The molecule has 0 spiro atoms. The van der Waals surface area contributed by atoms with Gasteiger partial charge in [0.2, 0.25) is 0 Å². The summed E-state index contributed by atoms with van der Waals surface area (Å²) in [6.45, 7) is 5.91. The summed E-state index contributed by atoms with van der Waals surface area (Å²) in [7, 11) is 0. The first-order valence-corrected chi connectivity index (χ1v) is 6.50. The molecule has 1 aromatic carbocycles. The van der Waals surface area contributed by atoms with Crippen LogP contribution in [0, 0.1) is 12.7 Å². The number of nitrogens with two attached hydrogens (primary N) is 1. The van der Waals surface area contributed by atoms with E-state index in [-0.39, 0.29) is 11.9 Å². The Bertz CT molecular complexity index is 590. The van der Waals surface area contributed by atoms with Crippen LogP contribution in [0.25, 0.3) is 11.3 Å². The van der Waals surface area contributed by atoms with Crippen LogP contribution in [-0.2, 0) is 0 Å². The van der Waals surface area contributed by atoms with Gasteiger partial charge in [0, 0.05) is 16.1 Å². The Balaban J connectivity index is 2.65. The van der Waals surface area contributed by atoms with Gasteiger partial charge in [-0.05, 0) is 39.0 Å². The molecule has 0 saturated carbocycles. The van der Waals surface area contributed by atoms with E-state index >= 15 is 0 Å². The van der Waals surface area contributed by atoms with Crippen molar-refractivity contribution in [3.05, 3.63) is 34.3 Å². The van der Waals surface area contributed by atoms with Crippen LogP contribution < -0.4 is 5.73 Å². The Hall–Kier alpha value is -1.36. The number of hydrogen-bond acceptors (Lipinski definition) is 2. The molecule has 2 rings (SSSR count). The molecule has 1 heterocycles. The molecule has 3 nitrogen and oxygen atoms in total. The lowest BCUT2D eigenvalue weighted by molar-refractivity contribution is 0.590. The van der Waals surface area contributed by atoms with Gasteiger partial charge in [0.25, 0.3) is 0 Å². The van der Waals surface area contributed by atoms with Crippen molar-refractivity contribution < 1.29 is 4.39 Å². The summed E-state index contributed by atoms with van der Waals surface area (Å²) >= 11 is 3.33. The molecule has 2 aromatic rings. The van der Waals surface area contributed by atoms with Gasteiger partial charge in [0.1, 0.15) is 23.2 Å². The van der Waals surface area contributed by atoms with Gasteiger partial charge in [-0.2, -0.15) is 0 Å². The van der Waals surface area contributed by atoms with Gasteiger partial charge in [-0.15, -0.1) is 0 Å². The van der Waals surface area contributed by atoms with Crippen LogP contribution in [0.3, 0.4) is 0 Å². The molecule has 0 radical (unpaired) electrons. The fourth-order valence-corrected chi connectivity index (χ4v) is 2.45. The first-order valence-electron chi connectivity index (χ1n) is 5.71. The van der Waals surface area contributed by atoms with Crippen molar-refractivity contribution in [2.75, 3.05) is 5.73 Å². The zero-order chi connectivity index (χ0) is 13.4. The minimum atomic E-state index is -0.321.